The Labute approximate surface area is 363 Å². The van der Waals surface area contributed by atoms with Crippen molar-refractivity contribution >= 4 is 108 Å². The molecule has 4 heterocycles. The molecule has 292 valence electrons. The molecule has 4 aromatic heterocycles. The SMILES string of the molecule is c1ccc2cc(-c3nc(-c4ccc5oc6ccccc6c5c4)nc(-c4cc(-n5c6cc7ccccc7cc6c6c7ccccc7ccc65)cc5sc6ccccc6c45)n3)ccc2c1. The number of thiophene rings is 1. The van der Waals surface area contributed by atoms with Crippen LogP contribution in [-0.4, -0.2) is 19.5 Å². The molecule has 0 spiro atoms. The van der Waals surface area contributed by atoms with Crippen LogP contribution in [0.15, 0.2) is 199 Å². The van der Waals surface area contributed by atoms with Crippen molar-refractivity contribution in [2.24, 2.45) is 0 Å². The van der Waals surface area contributed by atoms with Gasteiger partial charge in [0.15, 0.2) is 17.5 Å². The Morgan fingerprint density at radius 1 is 0.365 bits per heavy atom. The summed E-state index contributed by atoms with van der Waals surface area (Å²) in [6, 6.07) is 69.3. The van der Waals surface area contributed by atoms with Gasteiger partial charge in [-0.2, -0.15) is 0 Å². The third-order valence-electron chi connectivity index (χ3n) is 12.8. The molecule has 10 aromatic carbocycles. The predicted octanol–water partition coefficient (Wildman–Crippen LogP) is 15.7. The predicted molar refractivity (Wildman–Crippen MR) is 263 cm³/mol. The maximum Gasteiger partial charge on any atom is 0.164 e. The largest absolute Gasteiger partial charge is 0.456 e. The van der Waals surface area contributed by atoms with E-state index >= 15 is 0 Å². The normalized spacial score (nSPS) is 12.1. The molecule has 0 aliphatic rings. The van der Waals surface area contributed by atoms with E-state index in [1.54, 1.807) is 0 Å². The summed E-state index contributed by atoms with van der Waals surface area (Å²) in [5, 5.41) is 14.0. The van der Waals surface area contributed by atoms with E-state index in [9.17, 15) is 0 Å². The van der Waals surface area contributed by atoms with Crippen molar-refractivity contribution in [2.75, 3.05) is 0 Å². The highest BCUT2D eigenvalue weighted by molar-refractivity contribution is 7.26. The van der Waals surface area contributed by atoms with Crippen molar-refractivity contribution in [1.82, 2.24) is 19.5 Å². The van der Waals surface area contributed by atoms with Gasteiger partial charge in [0.2, 0.25) is 0 Å². The number of nitrogens with zero attached hydrogens (tertiary/aromatic N) is 4. The summed E-state index contributed by atoms with van der Waals surface area (Å²) < 4.78 is 11.1. The van der Waals surface area contributed by atoms with Gasteiger partial charge < -0.3 is 8.98 Å². The van der Waals surface area contributed by atoms with Gasteiger partial charge in [-0.05, 0) is 99.0 Å². The molecule has 0 aliphatic heterocycles. The molecular weight excluding hydrogens is 789 g/mol. The lowest BCUT2D eigenvalue weighted by Gasteiger charge is -2.14. The lowest BCUT2D eigenvalue weighted by molar-refractivity contribution is 0.669. The molecule has 14 rings (SSSR count). The number of para-hydroxylation sites is 1. The average molecular weight is 821 g/mol. The average Bonchev–Trinajstić information content (AvgIpc) is 4.01. The molecule has 0 bridgehead atoms. The first kappa shape index (κ1) is 34.5. The van der Waals surface area contributed by atoms with Gasteiger partial charge >= 0.3 is 0 Å². The number of fused-ring (bicyclic) bond motifs is 13. The number of hydrogen-bond donors (Lipinski definition) is 0. The first-order valence-electron chi connectivity index (χ1n) is 21.2. The second-order valence-electron chi connectivity index (χ2n) is 16.4. The zero-order chi connectivity index (χ0) is 41.2. The molecule has 0 saturated carbocycles. The molecular formula is C57H32N4OS. The van der Waals surface area contributed by atoms with Crippen molar-refractivity contribution < 1.29 is 4.42 Å². The van der Waals surface area contributed by atoms with E-state index in [0.717, 1.165) is 66.1 Å². The molecule has 0 amide bonds. The molecule has 14 aromatic rings. The van der Waals surface area contributed by atoms with Crippen LogP contribution in [-0.2, 0) is 0 Å². The minimum atomic E-state index is 0.600. The standard InChI is InChI=1S/C57H32N4OS/c1-2-13-35-27-38(22-21-33(35)11-1)55-58-56(39-24-26-50-44(29-39)42-17-7-9-19-49(42)62-50)60-57(59-55)46-31-40(32-52-54(46)43-18-8-10-20-51(43)63-52)61-47-25-23-34-12-5-6-16-41(34)53(47)45-28-36-14-3-4-15-37(36)30-48(45)61/h1-32H. The smallest absolute Gasteiger partial charge is 0.164 e. The van der Waals surface area contributed by atoms with Gasteiger partial charge in [0, 0.05) is 64.1 Å². The zero-order valence-electron chi connectivity index (χ0n) is 33.6. The van der Waals surface area contributed by atoms with Crippen LogP contribution in [0.4, 0.5) is 0 Å². The fraction of sp³-hybridized carbons (Fsp3) is 0. The number of aromatic nitrogens is 4. The summed E-state index contributed by atoms with van der Waals surface area (Å²) in [6.07, 6.45) is 0. The Morgan fingerprint density at radius 3 is 1.83 bits per heavy atom. The molecule has 0 fully saturated rings. The van der Waals surface area contributed by atoms with Crippen LogP contribution in [0.2, 0.25) is 0 Å². The summed E-state index contributed by atoms with van der Waals surface area (Å²) >= 11 is 1.81. The van der Waals surface area contributed by atoms with E-state index in [0.29, 0.717) is 17.5 Å². The summed E-state index contributed by atoms with van der Waals surface area (Å²) in [6.45, 7) is 0. The van der Waals surface area contributed by atoms with Crippen molar-refractivity contribution in [3.05, 3.63) is 194 Å². The minimum Gasteiger partial charge on any atom is -0.456 e. The van der Waals surface area contributed by atoms with E-state index in [1.807, 2.05) is 35.6 Å². The van der Waals surface area contributed by atoms with E-state index in [4.69, 9.17) is 19.4 Å². The molecule has 0 radical (unpaired) electrons. The maximum atomic E-state index is 6.25. The molecule has 0 aliphatic carbocycles. The van der Waals surface area contributed by atoms with Gasteiger partial charge in [0.25, 0.3) is 0 Å². The highest BCUT2D eigenvalue weighted by atomic mass is 32.1. The highest BCUT2D eigenvalue weighted by Gasteiger charge is 2.22. The van der Waals surface area contributed by atoms with Crippen LogP contribution >= 0.6 is 11.3 Å². The minimum absolute atomic E-state index is 0.600. The van der Waals surface area contributed by atoms with Crippen LogP contribution in [0.1, 0.15) is 0 Å². The number of hydrogen-bond acceptors (Lipinski definition) is 5. The van der Waals surface area contributed by atoms with Gasteiger partial charge in [0.1, 0.15) is 11.2 Å². The number of benzene rings is 10. The summed E-state index contributed by atoms with van der Waals surface area (Å²) in [4.78, 5) is 16.1. The van der Waals surface area contributed by atoms with E-state index < -0.39 is 0 Å². The summed E-state index contributed by atoms with van der Waals surface area (Å²) in [7, 11) is 0. The van der Waals surface area contributed by atoms with Crippen LogP contribution in [0.3, 0.4) is 0 Å². The second-order valence-corrected chi connectivity index (χ2v) is 17.5. The van der Waals surface area contributed by atoms with Gasteiger partial charge in [-0.3, -0.25) is 0 Å². The third-order valence-corrected chi connectivity index (χ3v) is 13.9. The Morgan fingerprint density at radius 2 is 0.984 bits per heavy atom. The number of rotatable bonds is 4. The van der Waals surface area contributed by atoms with Gasteiger partial charge in [-0.15, -0.1) is 11.3 Å². The van der Waals surface area contributed by atoms with E-state index in [2.05, 4.69) is 174 Å². The zero-order valence-corrected chi connectivity index (χ0v) is 34.4. The Kier molecular flexibility index (Phi) is 7.21. The van der Waals surface area contributed by atoms with E-state index in [1.165, 1.54) is 52.5 Å². The molecule has 0 saturated heterocycles. The molecule has 5 nitrogen and oxygen atoms in total. The van der Waals surface area contributed by atoms with E-state index in [-0.39, 0.29) is 0 Å². The summed E-state index contributed by atoms with van der Waals surface area (Å²) in [5.41, 5.74) is 7.81. The Hall–Kier alpha value is -8.19. The quantitative estimate of drug-likeness (QED) is 0.177. The van der Waals surface area contributed by atoms with Crippen LogP contribution < -0.4 is 0 Å². The molecule has 0 atom stereocenters. The first-order valence-corrected chi connectivity index (χ1v) is 22.0. The van der Waals surface area contributed by atoms with Crippen molar-refractivity contribution in [1.29, 1.82) is 0 Å². The second kappa shape index (κ2) is 13.2. The molecule has 0 N–H and O–H groups in total. The Bertz CT molecular complexity index is 4230. The van der Waals surface area contributed by atoms with Crippen molar-refractivity contribution in [3.8, 4) is 39.9 Å². The Balaban J connectivity index is 1.09. The maximum absolute atomic E-state index is 6.25. The highest BCUT2D eigenvalue weighted by Crippen LogP contribution is 2.45. The fourth-order valence-corrected chi connectivity index (χ4v) is 11.0. The van der Waals surface area contributed by atoms with Crippen molar-refractivity contribution in [2.45, 2.75) is 0 Å². The van der Waals surface area contributed by atoms with Crippen LogP contribution in [0, 0.1) is 0 Å². The van der Waals surface area contributed by atoms with Crippen molar-refractivity contribution in [3.63, 3.8) is 0 Å². The lowest BCUT2D eigenvalue weighted by atomic mass is 10.0. The van der Waals surface area contributed by atoms with Gasteiger partial charge in [0.05, 0.1) is 11.0 Å². The molecule has 0 unspecified atom stereocenters. The first-order chi connectivity index (χ1) is 31.2. The third kappa shape index (κ3) is 5.25. The fourth-order valence-electron chi connectivity index (χ4n) is 9.84. The van der Waals surface area contributed by atoms with Crippen LogP contribution in [0.5, 0.6) is 0 Å². The van der Waals surface area contributed by atoms with Gasteiger partial charge in [-0.25, -0.2) is 15.0 Å². The summed E-state index contributed by atoms with van der Waals surface area (Å²) in [5.74, 6) is 1.83. The molecule has 6 heteroatoms. The monoisotopic (exact) mass is 820 g/mol. The topological polar surface area (TPSA) is 56.7 Å². The van der Waals surface area contributed by atoms with Crippen LogP contribution in [0.25, 0.3) is 136 Å². The van der Waals surface area contributed by atoms with Gasteiger partial charge in [-0.1, -0.05) is 127 Å². The molecule has 63 heavy (non-hydrogen) atoms. The lowest BCUT2D eigenvalue weighted by Crippen LogP contribution is -2.02. The number of furan rings is 1.